The van der Waals surface area contributed by atoms with E-state index in [9.17, 15) is 9.59 Å². The quantitative estimate of drug-likeness (QED) is 0.858. The maximum absolute atomic E-state index is 10.4. The van der Waals surface area contributed by atoms with Crippen LogP contribution >= 0.6 is 23.2 Å². The number of aromatic carboxylic acids is 2. The normalized spacial score (nSPS) is 9.48. The van der Waals surface area contributed by atoms with Gasteiger partial charge in [0.2, 0.25) is 0 Å². The summed E-state index contributed by atoms with van der Waals surface area (Å²) in [6.45, 7) is 1.78. The minimum atomic E-state index is -1.07. The van der Waals surface area contributed by atoms with Crippen LogP contribution in [-0.2, 0) is 0 Å². The van der Waals surface area contributed by atoms with Gasteiger partial charge in [0.05, 0.1) is 21.2 Å². The number of carbonyl (C=O) groups is 2. The van der Waals surface area contributed by atoms with Crippen LogP contribution in [0.2, 0.25) is 10.0 Å². The molecular weight excluding hydrogens is 315 g/mol. The van der Waals surface area contributed by atoms with E-state index in [0.717, 1.165) is 5.56 Å². The van der Waals surface area contributed by atoms with Gasteiger partial charge in [-0.1, -0.05) is 47.5 Å². The van der Waals surface area contributed by atoms with Crippen LogP contribution in [0, 0.1) is 6.92 Å². The minimum absolute atomic E-state index is 0.0270. The van der Waals surface area contributed by atoms with E-state index >= 15 is 0 Å². The molecule has 0 aliphatic carbocycles. The van der Waals surface area contributed by atoms with Crippen molar-refractivity contribution in [1.82, 2.24) is 0 Å². The molecule has 0 bridgehead atoms. The zero-order chi connectivity index (χ0) is 16.0. The van der Waals surface area contributed by atoms with Gasteiger partial charge < -0.3 is 10.2 Å². The molecule has 0 amide bonds. The molecular formula is C15H12Cl2O4. The molecule has 0 aliphatic heterocycles. The van der Waals surface area contributed by atoms with E-state index < -0.39 is 11.9 Å². The molecule has 0 unspecified atom stereocenters. The Hall–Kier alpha value is -2.04. The molecule has 0 aliphatic rings. The summed E-state index contributed by atoms with van der Waals surface area (Å²) in [5.41, 5.74) is 1.21. The molecule has 0 saturated heterocycles. The second-order valence-corrected chi connectivity index (χ2v) is 4.81. The molecule has 4 nitrogen and oxygen atoms in total. The third-order valence-electron chi connectivity index (χ3n) is 2.56. The number of rotatable bonds is 2. The summed E-state index contributed by atoms with van der Waals surface area (Å²) in [5, 5.41) is 17.5. The third-order valence-corrected chi connectivity index (χ3v) is 3.38. The zero-order valence-electron chi connectivity index (χ0n) is 11.0. The standard InChI is InChI=1S/C8H8O2.C7H4Cl2O2/c1-6-4-2-3-5-7(6)8(9)10;8-5-3-1-2-4(6(5)9)7(10)11/h2-5H,1H3,(H,9,10);1-3H,(H,10,11). The molecule has 0 aromatic heterocycles. The first kappa shape index (κ1) is 17.0. The smallest absolute Gasteiger partial charge is 0.337 e. The average Bonchev–Trinajstić information content (AvgIpc) is 2.42. The summed E-state index contributed by atoms with van der Waals surface area (Å²) in [7, 11) is 0. The van der Waals surface area contributed by atoms with Gasteiger partial charge in [-0.15, -0.1) is 0 Å². The van der Waals surface area contributed by atoms with Crippen molar-refractivity contribution in [2.75, 3.05) is 0 Å². The van der Waals surface area contributed by atoms with Crippen LogP contribution in [0.4, 0.5) is 0 Å². The third kappa shape index (κ3) is 4.77. The van der Waals surface area contributed by atoms with Crippen molar-refractivity contribution in [1.29, 1.82) is 0 Å². The van der Waals surface area contributed by atoms with Crippen LogP contribution in [0.5, 0.6) is 0 Å². The second-order valence-electron chi connectivity index (χ2n) is 4.03. The van der Waals surface area contributed by atoms with Crippen molar-refractivity contribution in [2.45, 2.75) is 6.92 Å². The van der Waals surface area contributed by atoms with Gasteiger partial charge in [0.1, 0.15) is 0 Å². The molecule has 6 heteroatoms. The molecule has 0 saturated carbocycles. The summed E-state index contributed by atoms with van der Waals surface area (Å²) in [6.07, 6.45) is 0. The molecule has 0 radical (unpaired) electrons. The van der Waals surface area contributed by atoms with Gasteiger partial charge in [-0.3, -0.25) is 0 Å². The Kier molecular flexibility index (Phi) is 6.21. The summed E-state index contributed by atoms with van der Waals surface area (Å²) < 4.78 is 0. The Labute approximate surface area is 131 Å². The monoisotopic (exact) mass is 326 g/mol. The number of halogens is 2. The fraction of sp³-hybridized carbons (Fsp3) is 0.0667. The Bertz CT molecular complexity index is 668. The fourth-order valence-electron chi connectivity index (χ4n) is 1.48. The Morgan fingerprint density at radius 2 is 1.38 bits per heavy atom. The predicted molar refractivity (Wildman–Crippen MR) is 81.6 cm³/mol. The van der Waals surface area contributed by atoms with Gasteiger partial charge in [-0.05, 0) is 30.7 Å². The van der Waals surface area contributed by atoms with Gasteiger partial charge in [-0.25, -0.2) is 9.59 Å². The van der Waals surface area contributed by atoms with Crippen molar-refractivity contribution in [3.8, 4) is 0 Å². The molecule has 2 rings (SSSR count). The predicted octanol–water partition coefficient (Wildman–Crippen LogP) is 4.38. The number of carboxylic acids is 2. The van der Waals surface area contributed by atoms with Crippen molar-refractivity contribution < 1.29 is 19.8 Å². The van der Waals surface area contributed by atoms with E-state index in [4.69, 9.17) is 33.4 Å². The fourth-order valence-corrected chi connectivity index (χ4v) is 1.86. The van der Waals surface area contributed by atoms with E-state index in [-0.39, 0.29) is 15.6 Å². The lowest BCUT2D eigenvalue weighted by Crippen LogP contribution is -1.97. The van der Waals surface area contributed by atoms with Crippen LogP contribution in [0.15, 0.2) is 42.5 Å². The summed E-state index contributed by atoms with van der Waals surface area (Å²) in [6, 6.07) is 11.4. The molecule has 2 aromatic rings. The van der Waals surface area contributed by atoms with E-state index in [0.29, 0.717) is 5.56 Å². The first-order chi connectivity index (χ1) is 9.84. The lowest BCUT2D eigenvalue weighted by atomic mass is 10.1. The van der Waals surface area contributed by atoms with Crippen LogP contribution in [0.1, 0.15) is 26.3 Å². The van der Waals surface area contributed by atoms with Gasteiger partial charge in [0, 0.05) is 0 Å². The molecule has 21 heavy (non-hydrogen) atoms. The minimum Gasteiger partial charge on any atom is -0.478 e. The Balaban J connectivity index is 0.000000211. The molecule has 2 N–H and O–H groups in total. The number of hydrogen-bond acceptors (Lipinski definition) is 2. The lowest BCUT2D eigenvalue weighted by molar-refractivity contribution is 0.0685. The van der Waals surface area contributed by atoms with E-state index in [1.54, 1.807) is 25.1 Å². The highest BCUT2D eigenvalue weighted by Gasteiger charge is 2.09. The number of carboxylic acid groups (broad SMARTS) is 2. The molecule has 0 spiro atoms. The van der Waals surface area contributed by atoms with Crippen molar-refractivity contribution in [2.24, 2.45) is 0 Å². The summed E-state index contributed by atoms with van der Waals surface area (Å²) in [4.78, 5) is 20.9. The molecule has 0 atom stereocenters. The van der Waals surface area contributed by atoms with Crippen molar-refractivity contribution in [3.63, 3.8) is 0 Å². The van der Waals surface area contributed by atoms with Crippen LogP contribution < -0.4 is 0 Å². The number of benzene rings is 2. The number of hydrogen-bond donors (Lipinski definition) is 2. The Morgan fingerprint density at radius 3 is 1.81 bits per heavy atom. The highest BCUT2D eigenvalue weighted by atomic mass is 35.5. The van der Waals surface area contributed by atoms with Gasteiger partial charge >= 0.3 is 11.9 Å². The molecule has 110 valence electrons. The maximum atomic E-state index is 10.4. The topological polar surface area (TPSA) is 74.6 Å². The van der Waals surface area contributed by atoms with Crippen LogP contribution in [0.25, 0.3) is 0 Å². The van der Waals surface area contributed by atoms with Gasteiger partial charge in [0.15, 0.2) is 0 Å². The first-order valence-electron chi connectivity index (χ1n) is 5.80. The van der Waals surface area contributed by atoms with Crippen LogP contribution in [0.3, 0.4) is 0 Å². The largest absolute Gasteiger partial charge is 0.478 e. The maximum Gasteiger partial charge on any atom is 0.337 e. The highest BCUT2D eigenvalue weighted by Crippen LogP contribution is 2.25. The number of aryl methyl sites for hydroxylation is 1. The lowest BCUT2D eigenvalue weighted by Gasteiger charge is -1.98. The highest BCUT2D eigenvalue weighted by molar-refractivity contribution is 6.43. The molecule has 2 aromatic carbocycles. The van der Waals surface area contributed by atoms with Crippen LogP contribution in [-0.4, -0.2) is 22.2 Å². The second kappa shape index (κ2) is 7.67. The van der Waals surface area contributed by atoms with Gasteiger partial charge in [-0.2, -0.15) is 0 Å². The van der Waals surface area contributed by atoms with Crippen molar-refractivity contribution in [3.05, 3.63) is 69.2 Å². The molecule has 0 fully saturated rings. The summed E-state index contributed by atoms with van der Waals surface area (Å²) >= 11 is 11.1. The van der Waals surface area contributed by atoms with E-state index in [1.807, 2.05) is 6.07 Å². The Morgan fingerprint density at radius 1 is 0.857 bits per heavy atom. The van der Waals surface area contributed by atoms with E-state index in [2.05, 4.69) is 0 Å². The molecule has 0 heterocycles. The van der Waals surface area contributed by atoms with Gasteiger partial charge in [0.25, 0.3) is 0 Å². The SMILES string of the molecule is Cc1ccccc1C(=O)O.O=C(O)c1cccc(Cl)c1Cl. The average molecular weight is 327 g/mol. The van der Waals surface area contributed by atoms with Crippen molar-refractivity contribution >= 4 is 35.1 Å². The first-order valence-corrected chi connectivity index (χ1v) is 6.56. The van der Waals surface area contributed by atoms with E-state index in [1.165, 1.54) is 18.2 Å². The zero-order valence-corrected chi connectivity index (χ0v) is 12.5. The summed E-state index contributed by atoms with van der Waals surface area (Å²) in [5.74, 6) is -1.93.